The lowest BCUT2D eigenvalue weighted by Gasteiger charge is -2.39. The van der Waals surface area contributed by atoms with E-state index in [1.807, 2.05) is 13.8 Å². The number of hydrogen-bond donors (Lipinski definition) is 2. The molecule has 0 unspecified atom stereocenters. The van der Waals surface area contributed by atoms with E-state index >= 15 is 0 Å². The van der Waals surface area contributed by atoms with Crippen LogP contribution in [0.1, 0.15) is 13.8 Å². The predicted molar refractivity (Wildman–Crippen MR) is 71.3 cm³/mol. The zero-order chi connectivity index (χ0) is 13.9. The molecule has 0 aromatic carbocycles. The number of nitrogens with one attached hydrogen (secondary N) is 2. The summed E-state index contributed by atoms with van der Waals surface area (Å²) < 4.78 is 13.5. The van der Waals surface area contributed by atoms with Crippen molar-refractivity contribution in [2.75, 3.05) is 31.5 Å². The Bertz CT molecular complexity index is 458. The number of anilines is 1. The topological polar surface area (TPSA) is 57.3 Å². The summed E-state index contributed by atoms with van der Waals surface area (Å²) in [6.45, 7) is 6.99. The third-order valence-corrected chi connectivity index (χ3v) is 3.45. The Kier molecular flexibility index (Phi) is 4.11. The molecule has 2 rings (SSSR count). The Labute approximate surface area is 112 Å². The third kappa shape index (κ3) is 3.08. The predicted octanol–water partition coefficient (Wildman–Crippen LogP) is 0.843. The molecule has 1 aliphatic rings. The monoisotopic (exact) mass is 266 g/mol. The SMILES string of the molecule is CC(C)(C(=O)Nc1ncccc1F)N1CCNCC1. The van der Waals surface area contributed by atoms with Gasteiger partial charge in [0.2, 0.25) is 5.91 Å². The minimum atomic E-state index is -0.688. The van der Waals surface area contributed by atoms with Crippen LogP contribution in [0.4, 0.5) is 10.2 Å². The summed E-state index contributed by atoms with van der Waals surface area (Å²) in [4.78, 5) is 18.2. The highest BCUT2D eigenvalue weighted by atomic mass is 19.1. The lowest BCUT2D eigenvalue weighted by atomic mass is 10.0. The van der Waals surface area contributed by atoms with Gasteiger partial charge in [0.05, 0.1) is 5.54 Å². The van der Waals surface area contributed by atoms with Crippen LogP contribution in [0, 0.1) is 5.82 Å². The zero-order valence-electron chi connectivity index (χ0n) is 11.2. The van der Waals surface area contributed by atoms with Gasteiger partial charge in [-0.2, -0.15) is 0 Å². The van der Waals surface area contributed by atoms with Crippen molar-refractivity contribution in [3.8, 4) is 0 Å². The summed E-state index contributed by atoms with van der Waals surface area (Å²) in [7, 11) is 0. The minimum Gasteiger partial charge on any atom is -0.314 e. The molecule has 0 radical (unpaired) electrons. The van der Waals surface area contributed by atoms with E-state index in [1.54, 1.807) is 0 Å². The second-order valence-corrected chi connectivity index (χ2v) is 5.08. The maximum atomic E-state index is 13.5. The highest BCUT2D eigenvalue weighted by Crippen LogP contribution is 2.18. The molecule has 2 N–H and O–H groups in total. The molecule has 0 saturated carbocycles. The first kappa shape index (κ1) is 13.9. The Morgan fingerprint density at radius 1 is 1.47 bits per heavy atom. The first-order valence-electron chi connectivity index (χ1n) is 6.39. The van der Waals surface area contributed by atoms with Gasteiger partial charge in [0.25, 0.3) is 0 Å². The molecule has 1 saturated heterocycles. The fourth-order valence-corrected chi connectivity index (χ4v) is 2.11. The number of halogens is 1. The molecule has 1 aromatic rings. The fraction of sp³-hybridized carbons (Fsp3) is 0.538. The maximum absolute atomic E-state index is 13.5. The van der Waals surface area contributed by atoms with E-state index < -0.39 is 11.4 Å². The highest BCUT2D eigenvalue weighted by molar-refractivity contribution is 5.96. The molecule has 1 aliphatic heterocycles. The van der Waals surface area contributed by atoms with E-state index in [9.17, 15) is 9.18 Å². The Hall–Kier alpha value is -1.53. The summed E-state index contributed by atoms with van der Waals surface area (Å²) in [6.07, 6.45) is 1.45. The van der Waals surface area contributed by atoms with E-state index in [1.165, 1.54) is 18.3 Å². The van der Waals surface area contributed by atoms with Crippen molar-refractivity contribution in [2.45, 2.75) is 19.4 Å². The first-order valence-corrected chi connectivity index (χ1v) is 6.39. The van der Waals surface area contributed by atoms with Crippen LogP contribution in [-0.2, 0) is 4.79 Å². The number of rotatable bonds is 3. The summed E-state index contributed by atoms with van der Waals surface area (Å²) in [5.41, 5.74) is -0.688. The third-order valence-electron chi connectivity index (χ3n) is 3.45. The molecule has 0 bridgehead atoms. The minimum absolute atomic E-state index is 0.0179. The molecule has 6 heteroatoms. The van der Waals surface area contributed by atoms with Gasteiger partial charge in [0, 0.05) is 32.4 Å². The molecule has 19 heavy (non-hydrogen) atoms. The van der Waals surface area contributed by atoms with Crippen LogP contribution in [-0.4, -0.2) is 47.5 Å². The Morgan fingerprint density at radius 2 is 2.16 bits per heavy atom. The Morgan fingerprint density at radius 3 is 2.79 bits per heavy atom. The van der Waals surface area contributed by atoms with Gasteiger partial charge in [-0.25, -0.2) is 9.37 Å². The molecule has 104 valence electrons. The molecular weight excluding hydrogens is 247 g/mol. The second kappa shape index (κ2) is 5.63. The van der Waals surface area contributed by atoms with Crippen LogP contribution in [0.2, 0.25) is 0 Å². The zero-order valence-corrected chi connectivity index (χ0v) is 11.2. The smallest absolute Gasteiger partial charge is 0.245 e. The van der Waals surface area contributed by atoms with Gasteiger partial charge >= 0.3 is 0 Å². The Balaban J connectivity index is 2.08. The summed E-state index contributed by atoms with van der Waals surface area (Å²) >= 11 is 0. The molecule has 1 amide bonds. The number of amides is 1. The number of carbonyl (C=O) groups is 1. The van der Waals surface area contributed by atoms with Crippen LogP contribution in [0.15, 0.2) is 18.3 Å². The van der Waals surface area contributed by atoms with Crippen molar-refractivity contribution in [3.05, 3.63) is 24.1 Å². The van der Waals surface area contributed by atoms with Gasteiger partial charge in [-0.05, 0) is 26.0 Å². The summed E-state index contributed by atoms with van der Waals surface area (Å²) in [6, 6.07) is 2.77. The number of nitrogens with zero attached hydrogens (tertiary/aromatic N) is 2. The number of aromatic nitrogens is 1. The average molecular weight is 266 g/mol. The van der Waals surface area contributed by atoms with Crippen LogP contribution < -0.4 is 10.6 Å². The van der Waals surface area contributed by atoms with Gasteiger partial charge in [0.1, 0.15) is 0 Å². The number of carbonyl (C=O) groups excluding carboxylic acids is 1. The number of hydrogen-bond acceptors (Lipinski definition) is 4. The van der Waals surface area contributed by atoms with Crippen molar-refractivity contribution in [1.82, 2.24) is 15.2 Å². The van der Waals surface area contributed by atoms with E-state index in [0.29, 0.717) is 0 Å². The molecule has 0 atom stereocenters. The van der Waals surface area contributed by atoms with E-state index in [-0.39, 0.29) is 11.7 Å². The van der Waals surface area contributed by atoms with Gasteiger partial charge < -0.3 is 10.6 Å². The van der Waals surface area contributed by atoms with Gasteiger partial charge in [0.15, 0.2) is 11.6 Å². The lowest BCUT2D eigenvalue weighted by molar-refractivity contribution is -0.126. The first-order chi connectivity index (χ1) is 9.01. The number of pyridine rings is 1. The molecule has 0 aliphatic carbocycles. The standard InChI is InChI=1S/C13H19FN4O/c1-13(2,18-8-6-15-7-9-18)12(19)17-11-10(14)4-3-5-16-11/h3-5,15H,6-9H2,1-2H3,(H,16,17,19). The van der Waals surface area contributed by atoms with Crippen LogP contribution in [0.5, 0.6) is 0 Å². The fourth-order valence-electron chi connectivity index (χ4n) is 2.11. The van der Waals surface area contributed by atoms with Crippen molar-refractivity contribution < 1.29 is 9.18 Å². The average Bonchev–Trinajstić information content (AvgIpc) is 2.42. The second-order valence-electron chi connectivity index (χ2n) is 5.08. The molecule has 2 heterocycles. The van der Waals surface area contributed by atoms with E-state index in [4.69, 9.17) is 0 Å². The van der Waals surface area contributed by atoms with Gasteiger partial charge in [-0.15, -0.1) is 0 Å². The van der Waals surface area contributed by atoms with Crippen molar-refractivity contribution in [2.24, 2.45) is 0 Å². The van der Waals surface area contributed by atoms with Gasteiger partial charge in [-0.3, -0.25) is 9.69 Å². The van der Waals surface area contributed by atoms with Crippen LogP contribution in [0.25, 0.3) is 0 Å². The quantitative estimate of drug-likeness (QED) is 0.851. The lowest BCUT2D eigenvalue weighted by Crippen LogP contribution is -2.58. The molecular formula is C13H19FN4O. The maximum Gasteiger partial charge on any atom is 0.245 e. The van der Waals surface area contributed by atoms with Gasteiger partial charge in [-0.1, -0.05) is 0 Å². The number of piperazine rings is 1. The molecule has 1 fully saturated rings. The van der Waals surface area contributed by atoms with Crippen LogP contribution >= 0.6 is 0 Å². The van der Waals surface area contributed by atoms with Crippen molar-refractivity contribution in [1.29, 1.82) is 0 Å². The summed E-state index contributed by atoms with van der Waals surface area (Å²) in [5.74, 6) is -0.783. The highest BCUT2D eigenvalue weighted by Gasteiger charge is 2.35. The van der Waals surface area contributed by atoms with E-state index in [2.05, 4.69) is 20.5 Å². The van der Waals surface area contributed by atoms with Crippen molar-refractivity contribution >= 4 is 11.7 Å². The summed E-state index contributed by atoms with van der Waals surface area (Å²) in [5, 5.41) is 5.80. The molecule has 0 spiro atoms. The van der Waals surface area contributed by atoms with Crippen molar-refractivity contribution in [3.63, 3.8) is 0 Å². The van der Waals surface area contributed by atoms with E-state index in [0.717, 1.165) is 26.2 Å². The van der Waals surface area contributed by atoms with Crippen LogP contribution in [0.3, 0.4) is 0 Å². The normalized spacial score (nSPS) is 17.2. The molecule has 5 nitrogen and oxygen atoms in total. The molecule has 1 aromatic heterocycles. The largest absolute Gasteiger partial charge is 0.314 e.